The summed E-state index contributed by atoms with van der Waals surface area (Å²) in [6.07, 6.45) is 1.60. The summed E-state index contributed by atoms with van der Waals surface area (Å²) in [6.45, 7) is 3.57. The standard InChI is InChI=1S/C24H23F3N6O3S/c1-13-21-23(31-30-13)28-22(29-24(21)36-16-7-9-33(2)10-8-16)14-3-6-19(18(27)11-14)32-37(34,35)20-12-15(25)4-5-17(20)26/h3-6,11-12,16,32H,7-10H2,1-2H3,(H,28,29,30,31). The lowest BCUT2D eigenvalue weighted by molar-refractivity contribution is 0.111. The first-order valence-electron chi connectivity index (χ1n) is 11.5. The maximum Gasteiger partial charge on any atom is 0.265 e. The number of piperidine rings is 1. The molecule has 1 saturated heterocycles. The molecular weight excluding hydrogens is 509 g/mol. The van der Waals surface area contributed by atoms with Crippen LogP contribution in [0.25, 0.3) is 22.4 Å². The van der Waals surface area contributed by atoms with Crippen molar-refractivity contribution in [3.05, 3.63) is 59.5 Å². The topological polar surface area (TPSA) is 113 Å². The Labute approximate surface area is 210 Å². The summed E-state index contributed by atoms with van der Waals surface area (Å²) in [5, 5.41) is 7.64. The minimum absolute atomic E-state index is 0.0480. The number of aromatic nitrogens is 4. The molecule has 194 valence electrons. The van der Waals surface area contributed by atoms with Crippen LogP contribution in [-0.2, 0) is 10.0 Å². The fourth-order valence-corrected chi connectivity index (χ4v) is 5.29. The van der Waals surface area contributed by atoms with Gasteiger partial charge in [0.2, 0.25) is 5.88 Å². The third-order valence-corrected chi connectivity index (χ3v) is 7.55. The van der Waals surface area contributed by atoms with E-state index in [2.05, 4.69) is 25.1 Å². The molecule has 2 N–H and O–H groups in total. The zero-order valence-corrected chi connectivity index (χ0v) is 20.7. The van der Waals surface area contributed by atoms with Gasteiger partial charge in [0.15, 0.2) is 11.5 Å². The summed E-state index contributed by atoms with van der Waals surface area (Å²) >= 11 is 0. The van der Waals surface area contributed by atoms with Crippen LogP contribution in [0.3, 0.4) is 0 Å². The molecule has 1 aliphatic heterocycles. The number of hydrogen-bond donors (Lipinski definition) is 2. The molecule has 37 heavy (non-hydrogen) atoms. The highest BCUT2D eigenvalue weighted by atomic mass is 32.2. The molecule has 0 amide bonds. The fraction of sp³-hybridized carbons (Fsp3) is 0.292. The van der Waals surface area contributed by atoms with E-state index >= 15 is 0 Å². The molecule has 2 aromatic carbocycles. The van der Waals surface area contributed by atoms with Gasteiger partial charge in [-0.15, -0.1) is 0 Å². The summed E-state index contributed by atoms with van der Waals surface area (Å²) < 4.78 is 75.7. The van der Waals surface area contributed by atoms with E-state index in [1.54, 1.807) is 6.92 Å². The number of fused-ring (bicyclic) bond motifs is 1. The van der Waals surface area contributed by atoms with Gasteiger partial charge in [0, 0.05) is 18.7 Å². The highest BCUT2D eigenvalue weighted by Crippen LogP contribution is 2.31. The number of nitrogens with zero attached hydrogens (tertiary/aromatic N) is 4. The SMILES string of the molecule is Cc1n[nH]c2nc(-c3ccc(NS(=O)(=O)c4cc(F)ccc4F)c(F)c3)nc(OC3CCN(C)CC3)c12. The van der Waals surface area contributed by atoms with Crippen LogP contribution in [0, 0.1) is 24.4 Å². The highest BCUT2D eigenvalue weighted by molar-refractivity contribution is 7.92. The average Bonchev–Trinajstić information content (AvgIpc) is 3.24. The molecule has 0 saturated carbocycles. The maximum absolute atomic E-state index is 15.0. The molecule has 9 nitrogen and oxygen atoms in total. The summed E-state index contributed by atoms with van der Waals surface area (Å²) in [4.78, 5) is 10.2. The van der Waals surface area contributed by atoms with E-state index in [0.717, 1.165) is 44.1 Å². The van der Waals surface area contributed by atoms with E-state index in [0.29, 0.717) is 34.7 Å². The average molecular weight is 533 g/mol. The molecule has 4 aromatic rings. The van der Waals surface area contributed by atoms with Crippen LogP contribution in [0.2, 0.25) is 0 Å². The van der Waals surface area contributed by atoms with Crippen molar-refractivity contribution in [2.45, 2.75) is 30.8 Å². The van der Waals surface area contributed by atoms with Gasteiger partial charge in [-0.05, 0) is 63.2 Å². The number of aryl methyl sites for hydroxylation is 1. The highest BCUT2D eigenvalue weighted by Gasteiger charge is 2.24. The van der Waals surface area contributed by atoms with Gasteiger partial charge in [-0.1, -0.05) is 0 Å². The number of nitrogens with one attached hydrogen (secondary N) is 2. The molecule has 0 spiro atoms. The van der Waals surface area contributed by atoms with E-state index < -0.39 is 38.1 Å². The predicted octanol–water partition coefficient (Wildman–Crippen LogP) is 4.02. The minimum Gasteiger partial charge on any atom is -0.474 e. The van der Waals surface area contributed by atoms with Crippen molar-refractivity contribution < 1.29 is 26.3 Å². The number of benzene rings is 2. The molecule has 1 aliphatic rings. The summed E-state index contributed by atoms with van der Waals surface area (Å²) in [7, 11) is -2.55. The van der Waals surface area contributed by atoms with E-state index in [1.165, 1.54) is 6.07 Å². The van der Waals surface area contributed by atoms with Crippen molar-refractivity contribution in [1.82, 2.24) is 25.1 Å². The van der Waals surface area contributed by atoms with Gasteiger partial charge in [-0.2, -0.15) is 10.1 Å². The lowest BCUT2D eigenvalue weighted by Crippen LogP contribution is -2.35. The fourth-order valence-electron chi connectivity index (χ4n) is 4.13. The molecule has 0 atom stereocenters. The molecule has 0 bridgehead atoms. The Balaban J connectivity index is 1.46. The van der Waals surface area contributed by atoms with Crippen LogP contribution in [0.5, 0.6) is 5.88 Å². The number of halogens is 3. The van der Waals surface area contributed by atoms with Gasteiger partial charge in [-0.25, -0.2) is 26.6 Å². The minimum atomic E-state index is -4.59. The Morgan fingerprint density at radius 2 is 1.81 bits per heavy atom. The van der Waals surface area contributed by atoms with Crippen LogP contribution in [0.4, 0.5) is 18.9 Å². The van der Waals surface area contributed by atoms with Crippen LogP contribution >= 0.6 is 0 Å². The first kappa shape index (κ1) is 25.0. The number of rotatable bonds is 6. The lowest BCUT2D eigenvalue weighted by atomic mass is 10.1. The first-order valence-corrected chi connectivity index (χ1v) is 12.9. The lowest BCUT2D eigenvalue weighted by Gasteiger charge is -2.29. The van der Waals surface area contributed by atoms with Gasteiger partial charge in [0.05, 0.1) is 11.4 Å². The van der Waals surface area contributed by atoms with E-state index in [4.69, 9.17) is 4.74 Å². The second-order valence-electron chi connectivity index (χ2n) is 8.88. The second kappa shape index (κ2) is 9.63. The molecule has 0 aliphatic carbocycles. The van der Waals surface area contributed by atoms with E-state index in [1.807, 2.05) is 11.8 Å². The molecule has 2 aromatic heterocycles. The maximum atomic E-state index is 15.0. The number of ether oxygens (including phenoxy) is 1. The van der Waals surface area contributed by atoms with E-state index in [-0.39, 0.29) is 17.5 Å². The van der Waals surface area contributed by atoms with Crippen molar-refractivity contribution in [2.24, 2.45) is 0 Å². The Morgan fingerprint density at radius 1 is 1.05 bits per heavy atom. The number of likely N-dealkylation sites (tertiary alicyclic amines) is 1. The summed E-state index contributed by atoms with van der Waals surface area (Å²) in [6, 6.07) is 5.59. The molecule has 13 heteroatoms. The zero-order chi connectivity index (χ0) is 26.3. The van der Waals surface area contributed by atoms with Gasteiger partial charge < -0.3 is 9.64 Å². The van der Waals surface area contributed by atoms with Gasteiger partial charge in [0.25, 0.3) is 10.0 Å². The third-order valence-electron chi connectivity index (χ3n) is 6.17. The van der Waals surface area contributed by atoms with Crippen molar-refractivity contribution in [2.75, 3.05) is 24.9 Å². The molecule has 1 fully saturated rings. The first-order chi connectivity index (χ1) is 17.6. The Bertz CT molecular complexity index is 1590. The number of H-pyrrole nitrogens is 1. The summed E-state index contributed by atoms with van der Waals surface area (Å²) in [5.41, 5.74) is 0.871. The number of hydrogen-bond acceptors (Lipinski definition) is 7. The van der Waals surface area contributed by atoms with E-state index in [9.17, 15) is 21.6 Å². The van der Waals surface area contributed by atoms with Crippen molar-refractivity contribution in [1.29, 1.82) is 0 Å². The number of sulfonamides is 1. The van der Waals surface area contributed by atoms with Crippen LogP contribution < -0.4 is 9.46 Å². The Morgan fingerprint density at radius 3 is 2.54 bits per heavy atom. The largest absolute Gasteiger partial charge is 0.474 e. The quantitative estimate of drug-likeness (QED) is 0.386. The molecule has 0 unspecified atom stereocenters. The predicted molar refractivity (Wildman–Crippen MR) is 130 cm³/mol. The molecular formula is C24H23F3N6O3S. The monoisotopic (exact) mass is 532 g/mol. The molecule has 0 radical (unpaired) electrons. The van der Waals surface area contributed by atoms with Crippen molar-refractivity contribution in [3.63, 3.8) is 0 Å². The van der Waals surface area contributed by atoms with Crippen LogP contribution in [0.1, 0.15) is 18.5 Å². The Kier molecular flexibility index (Phi) is 6.50. The van der Waals surface area contributed by atoms with Crippen LogP contribution in [-0.4, -0.2) is 59.7 Å². The van der Waals surface area contributed by atoms with Crippen molar-refractivity contribution in [3.8, 4) is 17.3 Å². The Hall–Kier alpha value is -3.71. The molecule has 3 heterocycles. The van der Waals surface area contributed by atoms with Gasteiger partial charge in [0.1, 0.15) is 33.8 Å². The number of anilines is 1. The van der Waals surface area contributed by atoms with Gasteiger partial charge >= 0.3 is 0 Å². The summed E-state index contributed by atoms with van der Waals surface area (Å²) in [5.74, 6) is -2.60. The molecule has 5 rings (SSSR count). The van der Waals surface area contributed by atoms with Crippen LogP contribution in [0.15, 0.2) is 41.3 Å². The zero-order valence-electron chi connectivity index (χ0n) is 19.9. The van der Waals surface area contributed by atoms with Crippen molar-refractivity contribution >= 4 is 26.7 Å². The smallest absolute Gasteiger partial charge is 0.265 e. The number of aromatic amines is 1. The second-order valence-corrected chi connectivity index (χ2v) is 10.5. The third kappa shape index (κ3) is 5.09. The van der Waals surface area contributed by atoms with Gasteiger partial charge in [-0.3, -0.25) is 9.82 Å². The normalized spacial score (nSPS) is 15.3.